The highest BCUT2D eigenvalue weighted by molar-refractivity contribution is 6.46. The lowest BCUT2D eigenvalue weighted by Crippen LogP contribution is -2.31. The SMILES string of the molecule is CCOc1ccc(C(O)=C2C(=O)C(=O)N(CCCOC)[C@H]2c2ccc(O)cc2)cc1. The summed E-state index contributed by atoms with van der Waals surface area (Å²) in [5.41, 5.74) is 1.06. The summed E-state index contributed by atoms with van der Waals surface area (Å²) in [6, 6.07) is 12.2. The van der Waals surface area contributed by atoms with Crippen LogP contribution >= 0.6 is 0 Å². The number of aliphatic hydroxyl groups excluding tert-OH is 1. The monoisotopic (exact) mass is 411 g/mol. The second kappa shape index (κ2) is 9.45. The highest BCUT2D eigenvalue weighted by atomic mass is 16.5. The molecule has 3 rings (SSSR count). The molecule has 2 N–H and O–H groups in total. The minimum atomic E-state index is -0.756. The van der Waals surface area contributed by atoms with E-state index in [1.165, 1.54) is 17.0 Å². The minimum absolute atomic E-state index is 0.0206. The first-order valence-electron chi connectivity index (χ1n) is 9.77. The lowest BCUT2D eigenvalue weighted by Gasteiger charge is -2.25. The van der Waals surface area contributed by atoms with Crippen molar-refractivity contribution in [2.24, 2.45) is 0 Å². The van der Waals surface area contributed by atoms with Crippen molar-refractivity contribution < 1.29 is 29.3 Å². The molecule has 1 fully saturated rings. The number of hydrogen-bond acceptors (Lipinski definition) is 6. The van der Waals surface area contributed by atoms with Gasteiger partial charge in [0.05, 0.1) is 18.2 Å². The molecule has 7 heteroatoms. The Morgan fingerprint density at radius 3 is 2.33 bits per heavy atom. The number of hydrogen-bond donors (Lipinski definition) is 2. The number of nitrogens with zero attached hydrogens (tertiary/aromatic N) is 1. The van der Waals surface area contributed by atoms with Crippen LogP contribution in [0.2, 0.25) is 0 Å². The molecule has 0 aliphatic carbocycles. The van der Waals surface area contributed by atoms with Gasteiger partial charge in [-0.25, -0.2) is 0 Å². The van der Waals surface area contributed by atoms with Gasteiger partial charge in [-0.1, -0.05) is 12.1 Å². The maximum Gasteiger partial charge on any atom is 0.295 e. The standard InChI is InChI=1S/C23H25NO6/c1-3-30-18-11-7-16(8-12-18)21(26)19-20(15-5-9-17(25)10-6-15)24(13-4-14-29-2)23(28)22(19)27/h5-12,20,25-26H,3-4,13-14H2,1-2H3/t20-/m0/s1. The number of ether oxygens (including phenoxy) is 2. The van der Waals surface area contributed by atoms with E-state index in [2.05, 4.69) is 0 Å². The highest BCUT2D eigenvalue weighted by Gasteiger charge is 2.45. The van der Waals surface area contributed by atoms with E-state index in [9.17, 15) is 19.8 Å². The molecule has 0 unspecified atom stereocenters. The lowest BCUT2D eigenvalue weighted by molar-refractivity contribution is -0.140. The fourth-order valence-corrected chi connectivity index (χ4v) is 3.52. The number of carbonyl (C=O) groups is 2. The number of amides is 1. The van der Waals surface area contributed by atoms with E-state index in [1.807, 2.05) is 6.92 Å². The summed E-state index contributed by atoms with van der Waals surface area (Å²) in [5, 5.41) is 20.6. The molecule has 1 aliphatic rings. The highest BCUT2D eigenvalue weighted by Crippen LogP contribution is 2.40. The van der Waals surface area contributed by atoms with Gasteiger partial charge in [-0.2, -0.15) is 0 Å². The predicted molar refractivity (Wildman–Crippen MR) is 111 cm³/mol. The fourth-order valence-electron chi connectivity index (χ4n) is 3.52. The van der Waals surface area contributed by atoms with Crippen molar-refractivity contribution in [2.75, 3.05) is 26.9 Å². The Morgan fingerprint density at radius 2 is 1.73 bits per heavy atom. The van der Waals surface area contributed by atoms with Gasteiger partial charge in [0.1, 0.15) is 17.3 Å². The van der Waals surface area contributed by atoms with E-state index >= 15 is 0 Å². The van der Waals surface area contributed by atoms with Crippen molar-refractivity contribution in [3.8, 4) is 11.5 Å². The summed E-state index contributed by atoms with van der Waals surface area (Å²) >= 11 is 0. The normalized spacial score (nSPS) is 18.1. The average Bonchev–Trinajstić information content (AvgIpc) is 3.00. The Labute approximate surface area is 175 Å². The van der Waals surface area contributed by atoms with Gasteiger partial charge in [0.15, 0.2) is 0 Å². The summed E-state index contributed by atoms with van der Waals surface area (Å²) < 4.78 is 10.5. The Balaban J connectivity index is 2.06. The van der Waals surface area contributed by atoms with Crippen LogP contribution in [0.4, 0.5) is 0 Å². The molecule has 1 amide bonds. The Kier molecular flexibility index (Phi) is 6.74. The van der Waals surface area contributed by atoms with Crippen molar-refractivity contribution >= 4 is 17.4 Å². The van der Waals surface area contributed by atoms with Crippen molar-refractivity contribution in [3.05, 3.63) is 65.2 Å². The molecular formula is C23H25NO6. The van der Waals surface area contributed by atoms with E-state index in [1.54, 1.807) is 43.5 Å². The van der Waals surface area contributed by atoms with Gasteiger partial charge in [-0.15, -0.1) is 0 Å². The molecule has 1 saturated heterocycles. The summed E-state index contributed by atoms with van der Waals surface area (Å²) in [6.45, 7) is 3.11. The number of carbonyl (C=O) groups excluding carboxylic acids is 2. The summed E-state index contributed by atoms with van der Waals surface area (Å²) in [5.74, 6) is -0.942. The molecule has 30 heavy (non-hydrogen) atoms. The van der Waals surface area contributed by atoms with Crippen molar-refractivity contribution in [3.63, 3.8) is 0 Å². The number of benzene rings is 2. The van der Waals surface area contributed by atoms with E-state index < -0.39 is 17.7 Å². The number of phenols is 1. The topological polar surface area (TPSA) is 96.3 Å². The average molecular weight is 411 g/mol. The second-order valence-electron chi connectivity index (χ2n) is 6.89. The molecule has 2 aromatic rings. The number of aliphatic hydroxyl groups is 1. The lowest BCUT2D eigenvalue weighted by atomic mass is 9.95. The van der Waals surface area contributed by atoms with Gasteiger partial charge in [0.25, 0.3) is 11.7 Å². The first-order valence-corrected chi connectivity index (χ1v) is 9.77. The van der Waals surface area contributed by atoms with E-state index in [0.717, 1.165) is 0 Å². The first kappa shape index (κ1) is 21.4. The number of ketones is 1. The molecule has 1 atom stereocenters. The Morgan fingerprint density at radius 1 is 1.07 bits per heavy atom. The van der Waals surface area contributed by atoms with Crippen LogP contribution < -0.4 is 4.74 Å². The molecule has 0 radical (unpaired) electrons. The number of Topliss-reactive ketones (excluding diaryl/α,β-unsaturated/α-hetero) is 1. The smallest absolute Gasteiger partial charge is 0.295 e. The van der Waals surface area contributed by atoms with Crippen LogP contribution in [0.3, 0.4) is 0 Å². The van der Waals surface area contributed by atoms with Gasteiger partial charge in [-0.3, -0.25) is 9.59 Å². The maximum absolute atomic E-state index is 12.9. The molecule has 0 spiro atoms. The number of rotatable bonds is 8. The van der Waals surface area contributed by atoms with Crippen LogP contribution in [0.25, 0.3) is 5.76 Å². The Bertz CT molecular complexity index is 933. The maximum atomic E-state index is 12.9. The molecular weight excluding hydrogens is 386 g/mol. The van der Waals surface area contributed by atoms with Crippen molar-refractivity contribution in [2.45, 2.75) is 19.4 Å². The molecule has 158 valence electrons. The zero-order valence-electron chi connectivity index (χ0n) is 17.0. The summed E-state index contributed by atoms with van der Waals surface area (Å²) in [7, 11) is 1.57. The quantitative estimate of drug-likeness (QED) is 0.300. The van der Waals surface area contributed by atoms with Crippen LogP contribution in [-0.4, -0.2) is 53.7 Å². The minimum Gasteiger partial charge on any atom is -0.508 e. The van der Waals surface area contributed by atoms with E-state index in [0.29, 0.717) is 43.1 Å². The molecule has 2 aromatic carbocycles. The number of phenolic OH excluding ortho intramolecular Hbond substituents is 1. The van der Waals surface area contributed by atoms with Crippen LogP contribution in [0.15, 0.2) is 54.1 Å². The number of likely N-dealkylation sites (tertiary alicyclic amines) is 1. The first-order chi connectivity index (χ1) is 14.5. The van der Waals surface area contributed by atoms with Crippen molar-refractivity contribution in [1.82, 2.24) is 4.90 Å². The number of aromatic hydroxyl groups is 1. The molecule has 7 nitrogen and oxygen atoms in total. The van der Waals surface area contributed by atoms with Gasteiger partial charge in [0.2, 0.25) is 0 Å². The van der Waals surface area contributed by atoms with Crippen LogP contribution in [0.5, 0.6) is 11.5 Å². The third-order valence-corrected chi connectivity index (χ3v) is 4.94. The van der Waals surface area contributed by atoms with Crippen molar-refractivity contribution in [1.29, 1.82) is 0 Å². The zero-order chi connectivity index (χ0) is 21.7. The molecule has 0 bridgehead atoms. The molecule has 0 saturated carbocycles. The summed E-state index contributed by atoms with van der Waals surface area (Å²) in [6.07, 6.45) is 0.543. The van der Waals surface area contributed by atoms with Crippen LogP contribution in [0, 0.1) is 0 Å². The van der Waals surface area contributed by atoms with Gasteiger partial charge >= 0.3 is 0 Å². The zero-order valence-corrected chi connectivity index (χ0v) is 17.0. The third kappa shape index (κ3) is 4.31. The van der Waals surface area contributed by atoms with E-state index in [-0.39, 0.29) is 17.1 Å². The molecule has 1 aliphatic heterocycles. The van der Waals surface area contributed by atoms with E-state index in [4.69, 9.17) is 9.47 Å². The van der Waals surface area contributed by atoms with Gasteiger partial charge < -0.3 is 24.6 Å². The fraction of sp³-hybridized carbons (Fsp3) is 0.304. The number of methoxy groups -OCH3 is 1. The van der Waals surface area contributed by atoms with Gasteiger partial charge in [0, 0.05) is 25.8 Å². The largest absolute Gasteiger partial charge is 0.508 e. The molecule has 0 aromatic heterocycles. The predicted octanol–water partition coefficient (Wildman–Crippen LogP) is 3.25. The third-order valence-electron chi connectivity index (χ3n) is 4.94. The molecule has 1 heterocycles. The Hall–Kier alpha value is -3.32. The van der Waals surface area contributed by atoms with Gasteiger partial charge in [-0.05, 0) is 55.3 Å². The second-order valence-corrected chi connectivity index (χ2v) is 6.89. The van der Waals surface area contributed by atoms with Crippen LogP contribution in [-0.2, 0) is 14.3 Å². The summed E-state index contributed by atoms with van der Waals surface area (Å²) in [4.78, 5) is 27.1. The van der Waals surface area contributed by atoms with Crippen LogP contribution in [0.1, 0.15) is 30.5 Å².